The van der Waals surface area contributed by atoms with Crippen LogP contribution in [0.1, 0.15) is 47.6 Å². The molecule has 2 aromatic rings. The van der Waals surface area contributed by atoms with Crippen LogP contribution in [0.3, 0.4) is 0 Å². The third-order valence-electron chi connectivity index (χ3n) is 4.21. The van der Waals surface area contributed by atoms with Crippen LogP contribution in [-0.2, 0) is 11.3 Å². The second-order valence-electron chi connectivity index (χ2n) is 5.83. The molecule has 2 aromatic heterocycles. The third-order valence-corrected chi connectivity index (χ3v) is 4.21. The predicted octanol–water partition coefficient (Wildman–Crippen LogP) is 0.856. The molecule has 0 aromatic carbocycles. The average molecular weight is 328 g/mol. The van der Waals surface area contributed by atoms with Gasteiger partial charge in [0, 0.05) is 44.5 Å². The number of aromatic nitrogens is 4. The lowest BCUT2D eigenvalue weighted by Crippen LogP contribution is -2.38. The number of piperidine rings is 1. The van der Waals surface area contributed by atoms with Crippen molar-refractivity contribution in [3.63, 3.8) is 0 Å². The Morgan fingerprint density at radius 1 is 1.25 bits per heavy atom. The molecule has 24 heavy (non-hydrogen) atoms. The van der Waals surface area contributed by atoms with E-state index in [1.54, 1.807) is 24.7 Å². The van der Waals surface area contributed by atoms with Crippen LogP contribution in [0.2, 0.25) is 0 Å². The number of amides is 2. The smallest absolute Gasteiger partial charge is 0.271 e. The molecule has 0 saturated carbocycles. The van der Waals surface area contributed by atoms with E-state index in [1.165, 1.54) is 6.92 Å². The van der Waals surface area contributed by atoms with Crippen molar-refractivity contribution < 1.29 is 9.59 Å². The first-order valence-corrected chi connectivity index (χ1v) is 7.98. The lowest BCUT2D eigenvalue weighted by atomic mass is 9.91. The fourth-order valence-corrected chi connectivity index (χ4v) is 2.96. The largest absolute Gasteiger partial charge is 0.351 e. The number of nitrogens with one attached hydrogen (secondary N) is 2. The number of hydrogen-bond acceptors (Lipinski definition) is 5. The minimum atomic E-state index is -0.0911. The summed E-state index contributed by atoms with van der Waals surface area (Å²) in [6.07, 6.45) is 6.54. The molecule has 0 unspecified atom stereocenters. The zero-order valence-corrected chi connectivity index (χ0v) is 13.5. The Morgan fingerprint density at radius 3 is 2.67 bits per heavy atom. The average Bonchev–Trinajstić information content (AvgIpc) is 3.14. The number of rotatable bonds is 4. The summed E-state index contributed by atoms with van der Waals surface area (Å²) in [7, 11) is 0. The fraction of sp³-hybridized carbons (Fsp3) is 0.438. The van der Waals surface area contributed by atoms with Crippen LogP contribution in [0.5, 0.6) is 0 Å². The SMILES string of the molecule is CC(=O)NCc1nccnc1C1CCN(C(=O)c2ccn[nH]2)CC1. The van der Waals surface area contributed by atoms with Gasteiger partial charge in [0.25, 0.3) is 5.91 Å². The van der Waals surface area contributed by atoms with Crippen LogP contribution in [0, 0.1) is 0 Å². The van der Waals surface area contributed by atoms with Gasteiger partial charge in [-0.2, -0.15) is 5.10 Å². The number of carbonyl (C=O) groups is 2. The highest BCUT2D eigenvalue weighted by atomic mass is 16.2. The second kappa shape index (κ2) is 7.20. The molecule has 0 atom stereocenters. The molecular weight excluding hydrogens is 308 g/mol. The highest BCUT2D eigenvalue weighted by molar-refractivity contribution is 5.92. The van der Waals surface area contributed by atoms with E-state index in [-0.39, 0.29) is 17.7 Å². The summed E-state index contributed by atoms with van der Waals surface area (Å²) in [6.45, 7) is 3.19. The number of nitrogens with zero attached hydrogens (tertiary/aromatic N) is 4. The van der Waals surface area contributed by atoms with Gasteiger partial charge >= 0.3 is 0 Å². The Balaban J connectivity index is 1.64. The zero-order valence-electron chi connectivity index (χ0n) is 13.5. The van der Waals surface area contributed by atoms with Gasteiger partial charge in [0.15, 0.2) is 0 Å². The van der Waals surface area contributed by atoms with Gasteiger partial charge < -0.3 is 10.2 Å². The van der Waals surface area contributed by atoms with Crippen molar-refractivity contribution in [2.45, 2.75) is 32.2 Å². The number of H-pyrrole nitrogens is 1. The van der Waals surface area contributed by atoms with Gasteiger partial charge in [0.2, 0.25) is 5.91 Å². The molecule has 2 amide bonds. The van der Waals surface area contributed by atoms with Crippen LogP contribution in [0.4, 0.5) is 0 Å². The summed E-state index contributed by atoms with van der Waals surface area (Å²) in [5.74, 6) is 0.128. The lowest BCUT2D eigenvalue weighted by Gasteiger charge is -2.32. The van der Waals surface area contributed by atoms with Crippen LogP contribution in [-0.4, -0.2) is 50.0 Å². The molecule has 0 radical (unpaired) electrons. The minimum absolute atomic E-state index is 0.0245. The van der Waals surface area contributed by atoms with Crippen molar-refractivity contribution in [3.8, 4) is 0 Å². The Morgan fingerprint density at radius 2 is 2.00 bits per heavy atom. The molecule has 126 valence electrons. The maximum Gasteiger partial charge on any atom is 0.271 e. The summed E-state index contributed by atoms with van der Waals surface area (Å²) < 4.78 is 0. The van der Waals surface area contributed by atoms with Crippen molar-refractivity contribution in [1.29, 1.82) is 0 Å². The Labute approximate surface area is 139 Å². The molecule has 8 heteroatoms. The number of hydrogen-bond donors (Lipinski definition) is 2. The van der Waals surface area contributed by atoms with Crippen LogP contribution >= 0.6 is 0 Å². The minimum Gasteiger partial charge on any atom is -0.351 e. The van der Waals surface area contributed by atoms with E-state index in [9.17, 15) is 9.59 Å². The van der Waals surface area contributed by atoms with Crippen molar-refractivity contribution in [3.05, 3.63) is 41.7 Å². The first kappa shape index (κ1) is 16.1. The third kappa shape index (κ3) is 3.58. The van der Waals surface area contributed by atoms with E-state index in [1.807, 2.05) is 4.90 Å². The molecule has 0 bridgehead atoms. The standard InChI is InChI=1S/C16H20N6O2/c1-11(23)19-10-14-15(18-7-6-17-14)12-3-8-22(9-4-12)16(24)13-2-5-20-21-13/h2,5-7,12H,3-4,8-10H2,1H3,(H,19,23)(H,20,21). The van der Waals surface area contributed by atoms with Crippen molar-refractivity contribution in [2.75, 3.05) is 13.1 Å². The van der Waals surface area contributed by atoms with Crippen LogP contribution in [0.25, 0.3) is 0 Å². The molecule has 3 heterocycles. The normalized spacial score (nSPS) is 15.3. The highest BCUT2D eigenvalue weighted by Crippen LogP contribution is 2.28. The summed E-state index contributed by atoms with van der Waals surface area (Å²) in [4.78, 5) is 34.1. The topological polar surface area (TPSA) is 104 Å². The van der Waals surface area contributed by atoms with Gasteiger partial charge in [-0.25, -0.2) is 0 Å². The monoisotopic (exact) mass is 328 g/mol. The van der Waals surface area contributed by atoms with Gasteiger partial charge in [0.05, 0.1) is 17.9 Å². The Kier molecular flexibility index (Phi) is 4.83. The number of likely N-dealkylation sites (tertiary alicyclic amines) is 1. The molecule has 1 saturated heterocycles. The van der Waals surface area contributed by atoms with Gasteiger partial charge in [-0.3, -0.25) is 24.7 Å². The summed E-state index contributed by atoms with van der Waals surface area (Å²) in [5.41, 5.74) is 2.23. The van der Waals surface area contributed by atoms with E-state index in [2.05, 4.69) is 25.5 Å². The molecule has 8 nitrogen and oxygen atoms in total. The number of aromatic amines is 1. The van der Waals surface area contributed by atoms with E-state index >= 15 is 0 Å². The summed E-state index contributed by atoms with van der Waals surface area (Å²) in [6, 6.07) is 1.68. The van der Waals surface area contributed by atoms with Gasteiger partial charge in [-0.1, -0.05) is 0 Å². The van der Waals surface area contributed by atoms with Crippen LogP contribution < -0.4 is 5.32 Å². The number of carbonyl (C=O) groups excluding carboxylic acids is 2. The molecule has 0 aliphatic carbocycles. The first-order chi connectivity index (χ1) is 11.6. The quantitative estimate of drug-likeness (QED) is 0.866. The maximum absolute atomic E-state index is 12.3. The van der Waals surface area contributed by atoms with Crippen LogP contribution in [0.15, 0.2) is 24.7 Å². The van der Waals surface area contributed by atoms with Crippen molar-refractivity contribution >= 4 is 11.8 Å². The molecule has 1 fully saturated rings. The summed E-state index contributed by atoms with van der Waals surface area (Å²) in [5, 5.41) is 9.30. The van der Waals surface area contributed by atoms with E-state index in [0.29, 0.717) is 25.3 Å². The zero-order chi connectivity index (χ0) is 16.9. The molecule has 3 rings (SSSR count). The summed E-state index contributed by atoms with van der Waals surface area (Å²) >= 11 is 0. The van der Waals surface area contributed by atoms with Gasteiger partial charge in [0.1, 0.15) is 5.69 Å². The molecule has 1 aliphatic heterocycles. The first-order valence-electron chi connectivity index (χ1n) is 7.98. The lowest BCUT2D eigenvalue weighted by molar-refractivity contribution is -0.119. The highest BCUT2D eigenvalue weighted by Gasteiger charge is 2.27. The van der Waals surface area contributed by atoms with Gasteiger partial charge in [-0.05, 0) is 18.9 Å². The fourth-order valence-electron chi connectivity index (χ4n) is 2.96. The molecule has 2 N–H and O–H groups in total. The second-order valence-corrected chi connectivity index (χ2v) is 5.83. The van der Waals surface area contributed by atoms with E-state index < -0.39 is 0 Å². The molecular formula is C16H20N6O2. The molecule has 0 spiro atoms. The van der Waals surface area contributed by atoms with Crippen molar-refractivity contribution in [2.24, 2.45) is 0 Å². The van der Waals surface area contributed by atoms with Crippen molar-refractivity contribution in [1.82, 2.24) is 30.4 Å². The Bertz CT molecular complexity index is 707. The van der Waals surface area contributed by atoms with Gasteiger partial charge in [-0.15, -0.1) is 0 Å². The Hall–Kier alpha value is -2.77. The maximum atomic E-state index is 12.3. The molecule has 1 aliphatic rings. The van der Waals surface area contributed by atoms with E-state index in [0.717, 1.165) is 24.2 Å². The predicted molar refractivity (Wildman–Crippen MR) is 86.0 cm³/mol. The van der Waals surface area contributed by atoms with E-state index in [4.69, 9.17) is 0 Å².